The quantitative estimate of drug-likeness (QED) is 0.915. The molecule has 1 aromatic carbocycles. The number of anilines is 1. The fourth-order valence-corrected chi connectivity index (χ4v) is 3.04. The Labute approximate surface area is 119 Å². The highest BCUT2D eigenvalue weighted by molar-refractivity contribution is 5.77. The maximum Gasteiger partial charge on any atom is 0.311 e. The maximum atomic E-state index is 11.6. The molecule has 0 amide bonds. The average molecular weight is 272 g/mol. The van der Waals surface area contributed by atoms with E-state index in [4.69, 9.17) is 0 Å². The van der Waals surface area contributed by atoms with E-state index in [1.165, 1.54) is 0 Å². The Balaban J connectivity index is 2.31. The van der Waals surface area contributed by atoms with Crippen LogP contribution in [0.1, 0.15) is 37.3 Å². The number of nitriles is 1. The van der Waals surface area contributed by atoms with Crippen LogP contribution in [0.3, 0.4) is 0 Å². The molecule has 0 aromatic heterocycles. The monoisotopic (exact) mass is 272 g/mol. The molecule has 20 heavy (non-hydrogen) atoms. The summed E-state index contributed by atoms with van der Waals surface area (Å²) in [6.07, 6.45) is 2.20. The van der Waals surface area contributed by atoms with Gasteiger partial charge in [0.1, 0.15) is 6.07 Å². The molecule has 1 atom stereocenters. The Morgan fingerprint density at radius 3 is 2.90 bits per heavy atom. The third-order valence-corrected chi connectivity index (χ3v) is 4.15. The van der Waals surface area contributed by atoms with E-state index in [9.17, 15) is 15.2 Å². The molecule has 1 unspecified atom stereocenters. The summed E-state index contributed by atoms with van der Waals surface area (Å²) in [5, 5.41) is 18.8. The van der Waals surface area contributed by atoms with Crippen molar-refractivity contribution in [3.8, 4) is 6.07 Å². The van der Waals surface area contributed by atoms with Crippen molar-refractivity contribution in [1.29, 1.82) is 5.26 Å². The number of nitrogens with zero attached hydrogens (tertiary/aromatic N) is 2. The topological polar surface area (TPSA) is 64.3 Å². The summed E-state index contributed by atoms with van der Waals surface area (Å²) in [6.45, 7) is 5.19. The lowest BCUT2D eigenvalue weighted by Crippen LogP contribution is -2.34. The summed E-state index contributed by atoms with van der Waals surface area (Å²) in [4.78, 5) is 13.7. The van der Waals surface area contributed by atoms with Gasteiger partial charge in [0.05, 0.1) is 16.7 Å². The SMILES string of the molecule is CCCC1(C(=O)O)CCN(c2cc(C)ccc2C#N)C1. The standard InChI is InChI=1S/C16H20N2O2/c1-3-6-16(15(19)20)7-8-18(11-16)14-9-12(2)4-5-13(14)10-17/h4-5,9H,3,6-8,11H2,1-2H3,(H,19,20). The molecule has 4 heteroatoms. The molecule has 0 spiro atoms. The van der Waals surface area contributed by atoms with Gasteiger partial charge in [-0.15, -0.1) is 0 Å². The van der Waals surface area contributed by atoms with Crippen molar-refractivity contribution >= 4 is 11.7 Å². The number of aliphatic carboxylic acids is 1. The summed E-state index contributed by atoms with van der Waals surface area (Å²) in [5.41, 5.74) is 1.91. The molecule has 2 rings (SSSR count). The van der Waals surface area contributed by atoms with Gasteiger partial charge in [-0.2, -0.15) is 5.26 Å². The molecular formula is C16H20N2O2. The molecule has 1 saturated heterocycles. The van der Waals surface area contributed by atoms with Crippen molar-refractivity contribution in [1.82, 2.24) is 0 Å². The van der Waals surface area contributed by atoms with E-state index in [1.807, 2.05) is 32.0 Å². The molecule has 1 aromatic rings. The number of hydrogen-bond donors (Lipinski definition) is 1. The summed E-state index contributed by atoms with van der Waals surface area (Å²) >= 11 is 0. The largest absolute Gasteiger partial charge is 0.481 e. The molecule has 0 aliphatic carbocycles. The number of aryl methyl sites for hydroxylation is 1. The summed E-state index contributed by atoms with van der Waals surface area (Å²) in [5.74, 6) is -0.715. The van der Waals surface area contributed by atoms with Crippen molar-refractivity contribution in [2.24, 2.45) is 5.41 Å². The van der Waals surface area contributed by atoms with Crippen LogP contribution >= 0.6 is 0 Å². The summed E-state index contributed by atoms with van der Waals surface area (Å²) in [6, 6.07) is 7.90. The van der Waals surface area contributed by atoms with E-state index in [-0.39, 0.29) is 0 Å². The third kappa shape index (κ3) is 2.49. The van der Waals surface area contributed by atoms with Gasteiger partial charge in [-0.25, -0.2) is 0 Å². The second-order valence-electron chi connectivity index (χ2n) is 5.64. The van der Waals surface area contributed by atoms with Crippen LogP contribution in [0.5, 0.6) is 0 Å². The molecule has 1 heterocycles. The average Bonchev–Trinajstić information content (AvgIpc) is 2.85. The van der Waals surface area contributed by atoms with Crippen LogP contribution in [0.2, 0.25) is 0 Å². The van der Waals surface area contributed by atoms with Gasteiger partial charge in [0.15, 0.2) is 0 Å². The van der Waals surface area contributed by atoms with Crippen LogP contribution in [0.25, 0.3) is 0 Å². The first-order chi connectivity index (χ1) is 9.52. The maximum absolute atomic E-state index is 11.6. The van der Waals surface area contributed by atoms with Crippen molar-refractivity contribution in [3.05, 3.63) is 29.3 Å². The minimum atomic E-state index is -0.715. The predicted octanol–water partition coefficient (Wildman–Crippen LogP) is 2.95. The Hall–Kier alpha value is -2.02. The molecule has 0 bridgehead atoms. The highest BCUT2D eigenvalue weighted by Crippen LogP contribution is 2.38. The molecular weight excluding hydrogens is 252 g/mol. The van der Waals surface area contributed by atoms with E-state index in [0.29, 0.717) is 31.5 Å². The zero-order chi connectivity index (χ0) is 14.8. The fraction of sp³-hybridized carbons (Fsp3) is 0.500. The molecule has 4 nitrogen and oxygen atoms in total. The van der Waals surface area contributed by atoms with Gasteiger partial charge in [0.25, 0.3) is 0 Å². The predicted molar refractivity (Wildman–Crippen MR) is 77.7 cm³/mol. The van der Waals surface area contributed by atoms with Crippen LogP contribution in [-0.2, 0) is 4.79 Å². The van der Waals surface area contributed by atoms with Crippen molar-refractivity contribution in [2.75, 3.05) is 18.0 Å². The first-order valence-electron chi connectivity index (χ1n) is 7.01. The van der Waals surface area contributed by atoms with Gasteiger partial charge < -0.3 is 10.0 Å². The Morgan fingerprint density at radius 2 is 2.30 bits per heavy atom. The number of carbonyl (C=O) groups is 1. The normalized spacial score (nSPS) is 21.8. The van der Waals surface area contributed by atoms with Crippen molar-refractivity contribution < 1.29 is 9.90 Å². The molecule has 1 N–H and O–H groups in total. The highest BCUT2D eigenvalue weighted by atomic mass is 16.4. The number of benzene rings is 1. The van der Waals surface area contributed by atoms with Crippen LogP contribution in [-0.4, -0.2) is 24.2 Å². The van der Waals surface area contributed by atoms with Crippen LogP contribution in [0.4, 0.5) is 5.69 Å². The number of rotatable bonds is 4. The van der Waals surface area contributed by atoms with Crippen molar-refractivity contribution in [3.63, 3.8) is 0 Å². The van der Waals surface area contributed by atoms with Crippen molar-refractivity contribution in [2.45, 2.75) is 33.1 Å². The van der Waals surface area contributed by atoms with Crippen LogP contribution in [0.15, 0.2) is 18.2 Å². The van der Waals surface area contributed by atoms with Gasteiger partial charge in [-0.05, 0) is 37.5 Å². The first kappa shape index (κ1) is 14.4. The molecule has 1 fully saturated rings. The highest BCUT2D eigenvalue weighted by Gasteiger charge is 2.44. The summed E-state index contributed by atoms with van der Waals surface area (Å²) < 4.78 is 0. The second kappa shape index (κ2) is 5.54. The number of carboxylic acids is 1. The van der Waals surface area contributed by atoms with E-state index >= 15 is 0 Å². The minimum absolute atomic E-state index is 0.494. The Morgan fingerprint density at radius 1 is 1.55 bits per heavy atom. The second-order valence-corrected chi connectivity index (χ2v) is 5.64. The van der Waals surface area contributed by atoms with Gasteiger partial charge in [-0.3, -0.25) is 4.79 Å². The smallest absolute Gasteiger partial charge is 0.311 e. The molecule has 106 valence electrons. The lowest BCUT2D eigenvalue weighted by molar-refractivity contribution is -0.148. The van der Waals surface area contributed by atoms with Gasteiger partial charge >= 0.3 is 5.97 Å². The van der Waals surface area contributed by atoms with Gasteiger partial charge in [0.2, 0.25) is 0 Å². The van der Waals surface area contributed by atoms with Gasteiger partial charge in [0, 0.05) is 13.1 Å². The van der Waals surface area contributed by atoms with E-state index in [0.717, 1.165) is 17.7 Å². The zero-order valence-electron chi connectivity index (χ0n) is 12.0. The molecule has 1 aliphatic rings. The van der Waals surface area contributed by atoms with Crippen LogP contribution < -0.4 is 4.90 Å². The number of hydrogen-bond acceptors (Lipinski definition) is 3. The first-order valence-corrected chi connectivity index (χ1v) is 7.01. The van der Waals surface area contributed by atoms with Crippen LogP contribution in [0, 0.1) is 23.7 Å². The van der Waals surface area contributed by atoms with E-state index < -0.39 is 11.4 Å². The lowest BCUT2D eigenvalue weighted by Gasteiger charge is -2.25. The van der Waals surface area contributed by atoms with E-state index in [2.05, 4.69) is 11.0 Å². The van der Waals surface area contributed by atoms with E-state index in [1.54, 1.807) is 0 Å². The van der Waals surface area contributed by atoms with Gasteiger partial charge in [-0.1, -0.05) is 19.4 Å². The zero-order valence-corrected chi connectivity index (χ0v) is 12.0. The minimum Gasteiger partial charge on any atom is -0.481 e. The number of carboxylic acid groups (broad SMARTS) is 1. The molecule has 0 saturated carbocycles. The Bertz CT molecular complexity index is 562. The molecule has 0 radical (unpaired) electrons. The summed E-state index contributed by atoms with van der Waals surface area (Å²) in [7, 11) is 0. The third-order valence-electron chi connectivity index (χ3n) is 4.15. The lowest BCUT2D eigenvalue weighted by atomic mass is 9.83. The molecule has 1 aliphatic heterocycles. The Kier molecular flexibility index (Phi) is 3.99. The fourth-order valence-electron chi connectivity index (χ4n) is 3.04.